The fourth-order valence-corrected chi connectivity index (χ4v) is 2.51. The van der Waals surface area contributed by atoms with Gasteiger partial charge in [0.05, 0.1) is 11.8 Å². The first-order valence-corrected chi connectivity index (χ1v) is 5.61. The van der Waals surface area contributed by atoms with Gasteiger partial charge in [-0.1, -0.05) is 0 Å². The molecule has 6 heteroatoms. The van der Waals surface area contributed by atoms with Crippen LogP contribution < -0.4 is 5.73 Å². The smallest absolute Gasteiger partial charge is 0.169 e. The summed E-state index contributed by atoms with van der Waals surface area (Å²) in [5, 5.41) is 20.4. The fourth-order valence-electron chi connectivity index (χ4n) is 2.51. The van der Waals surface area contributed by atoms with Crippen LogP contribution in [0.1, 0.15) is 19.3 Å². The SMILES string of the molecule is Nc1nccc2c1ncn2C1(O)CCCC1O. The summed E-state index contributed by atoms with van der Waals surface area (Å²) in [5.74, 6) is 0.331. The molecule has 0 aromatic carbocycles. The van der Waals surface area contributed by atoms with Crippen molar-refractivity contribution in [2.75, 3.05) is 5.73 Å². The Bertz CT molecular complexity index is 568. The van der Waals surface area contributed by atoms with Gasteiger partial charge in [0, 0.05) is 6.20 Å². The Kier molecular flexibility index (Phi) is 2.11. The lowest BCUT2D eigenvalue weighted by atomic mass is 10.1. The number of aromatic nitrogens is 3. The first-order valence-electron chi connectivity index (χ1n) is 5.61. The Hall–Kier alpha value is -1.66. The van der Waals surface area contributed by atoms with E-state index < -0.39 is 11.8 Å². The van der Waals surface area contributed by atoms with Crippen molar-refractivity contribution in [3.63, 3.8) is 0 Å². The van der Waals surface area contributed by atoms with Gasteiger partial charge < -0.3 is 15.9 Å². The number of aliphatic hydroxyl groups is 2. The maximum absolute atomic E-state index is 10.5. The largest absolute Gasteiger partial charge is 0.388 e. The Morgan fingerprint density at radius 1 is 1.47 bits per heavy atom. The Balaban J connectivity index is 2.21. The second kappa shape index (κ2) is 3.41. The van der Waals surface area contributed by atoms with Crippen LogP contribution in [0.4, 0.5) is 5.82 Å². The quantitative estimate of drug-likeness (QED) is 0.655. The van der Waals surface area contributed by atoms with Crippen molar-refractivity contribution >= 4 is 16.9 Å². The van der Waals surface area contributed by atoms with E-state index in [1.54, 1.807) is 16.8 Å². The number of anilines is 1. The minimum atomic E-state index is -1.28. The molecule has 1 fully saturated rings. The molecule has 0 aliphatic heterocycles. The zero-order valence-electron chi connectivity index (χ0n) is 9.24. The molecular weight excluding hydrogens is 220 g/mol. The number of hydrogen-bond donors (Lipinski definition) is 3. The third-order valence-corrected chi connectivity index (χ3v) is 3.47. The van der Waals surface area contributed by atoms with E-state index >= 15 is 0 Å². The van der Waals surface area contributed by atoms with Gasteiger partial charge in [0.1, 0.15) is 11.6 Å². The molecular formula is C11H14N4O2. The molecule has 90 valence electrons. The van der Waals surface area contributed by atoms with Crippen LogP contribution in [-0.2, 0) is 5.72 Å². The molecule has 6 nitrogen and oxygen atoms in total. The molecule has 1 saturated carbocycles. The summed E-state index contributed by atoms with van der Waals surface area (Å²) >= 11 is 0. The molecule has 2 unspecified atom stereocenters. The normalized spacial score (nSPS) is 28.9. The zero-order chi connectivity index (χ0) is 12.0. The predicted molar refractivity (Wildman–Crippen MR) is 62.0 cm³/mol. The van der Waals surface area contributed by atoms with Crippen LogP contribution in [-0.4, -0.2) is 30.9 Å². The molecule has 0 bridgehead atoms. The maximum atomic E-state index is 10.5. The summed E-state index contributed by atoms with van der Waals surface area (Å²) in [6.07, 6.45) is 4.21. The number of nitrogens with zero attached hydrogens (tertiary/aromatic N) is 3. The summed E-state index contributed by atoms with van der Waals surface area (Å²) in [7, 11) is 0. The van der Waals surface area contributed by atoms with E-state index in [-0.39, 0.29) is 0 Å². The van der Waals surface area contributed by atoms with Crippen molar-refractivity contribution < 1.29 is 10.2 Å². The van der Waals surface area contributed by atoms with E-state index in [0.717, 1.165) is 6.42 Å². The minimum Gasteiger partial charge on any atom is -0.388 e. The number of nitrogens with two attached hydrogens (primary N) is 1. The Morgan fingerprint density at radius 3 is 3.00 bits per heavy atom. The molecule has 2 aromatic rings. The van der Waals surface area contributed by atoms with Crippen molar-refractivity contribution in [2.24, 2.45) is 0 Å². The average Bonchev–Trinajstić information content (AvgIpc) is 2.86. The van der Waals surface area contributed by atoms with Crippen molar-refractivity contribution in [1.82, 2.24) is 14.5 Å². The fraction of sp³-hybridized carbons (Fsp3) is 0.455. The highest BCUT2D eigenvalue weighted by molar-refractivity contribution is 5.84. The second-order valence-corrected chi connectivity index (χ2v) is 4.47. The molecule has 3 rings (SSSR count). The number of fused-ring (bicyclic) bond motifs is 1. The first-order chi connectivity index (χ1) is 8.13. The highest BCUT2D eigenvalue weighted by Gasteiger charge is 2.42. The minimum absolute atomic E-state index is 0.331. The lowest BCUT2D eigenvalue weighted by Gasteiger charge is -2.28. The molecule has 0 amide bonds. The van der Waals surface area contributed by atoms with Crippen molar-refractivity contribution in [1.29, 1.82) is 0 Å². The third-order valence-electron chi connectivity index (χ3n) is 3.47. The van der Waals surface area contributed by atoms with E-state index in [0.29, 0.717) is 29.7 Å². The van der Waals surface area contributed by atoms with E-state index in [1.165, 1.54) is 6.33 Å². The molecule has 1 aliphatic carbocycles. The van der Waals surface area contributed by atoms with Crippen LogP contribution in [0.2, 0.25) is 0 Å². The predicted octanol–water partition coefficient (Wildman–Crippen LogP) is 0.203. The molecule has 2 heterocycles. The molecule has 2 atom stereocenters. The monoisotopic (exact) mass is 234 g/mol. The molecule has 4 N–H and O–H groups in total. The summed E-state index contributed by atoms with van der Waals surface area (Å²) in [6.45, 7) is 0. The van der Waals surface area contributed by atoms with Crippen molar-refractivity contribution in [3.8, 4) is 0 Å². The molecule has 1 aliphatic rings. The molecule has 0 radical (unpaired) electrons. The standard InChI is InChI=1S/C11H14N4O2/c12-10-9-7(3-5-13-10)15(6-14-9)11(17)4-1-2-8(11)16/h3,5-6,8,16-17H,1-2,4H2,(H2,12,13). The molecule has 0 saturated heterocycles. The number of pyridine rings is 1. The highest BCUT2D eigenvalue weighted by atomic mass is 16.4. The Morgan fingerprint density at radius 2 is 2.29 bits per heavy atom. The van der Waals surface area contributed by atoms with Crippen LogP contribution >= 0.6 is 0 Å². The summed E-state index contributed by atoms with van der Waals surface area (Å²) in [5.41, 5.74) is 5.69. The van der Waals surface area contributed by atoms with E-state index in [9.17, 15) is 10.2 Å². The summed E-state index contributed by atoms with van der Waals surface area (Å²) in [4.78, 5) is 8.09. The van der Waals surface area contributed by atoms with Crippen molar-refractivity contribution in [2.45, 2.75) is 31.1 Å². The van der Waals surface area contributed by atoms with Gasteiger partial charge in [-0.3, -0.25) is 4.57 Å². The lowest BCUT2D eigenvalue weighted by molar-refractivity contribution is -0.112. The number of imidazole rings is 1. The highest BCUT2D eigenvalue weighted by Crippen LogP contribution is 2.36. The van der Waals surface area contributed by atoms with Gasteiger partial charge in [0.15, 0.2) is 11.5 Å². The summed E-state index contributed by atoms with van der Waals surface area (Å²) in [6, 6.07) is 1.74. The first kappa shape index (κ1) is 10.5. The van der Waals surface area contributed by atoms with Crippen molar-refractivity contribution in [3.05, 3.63) is 18.6 Å². The lowest BCUT2D eigenvalue weighted by Crippen LogP contribution is -2.40. The summed E-state index contributed by atoms with van der Waals surface area (Å²) < 4.78 is 1.60. The number of rotatable bonds is 1. The van der Waals surface area contributed by atoms with E-state index in [1.807, 2.05) is 0 Å². The second-order valence-electron chi connectivity index (χ2n) is 4.47. The van der Waals surface area contributed by atoms with Gasteiger partial charge in [-0.15, -0.1) is 0 Å². The van der Waals surface area contributed by atoms with Gasteiger partial charge in [0.2, 0.25) is 0 Å². The van der Waals surface area contributed by atoms with Crippen LogP contribution in [0.15, 0.2) is 18.6 Å². The van der Waals surface area contributed by atoms with E-state index in [4.69, 9.17) is 5.73 Å². The topological polar surface area (TPSA) is 97.2 Å². The third kappa shape index (κ3) is 1.34. The molecule has 17 heavy (non-hydrogen) atoms. The van der Waals surface area contributed by atoms with Crippen LogP contribution in [0.25, 0.3) is 11.0 Å². The van der Waals surface area contributed by atoms with Crippen LogP contribution in [0, 0.1) is 0 Å². The van der Waals surface area contributed by atoms with Gasteiger partial charge >= 0.3 is 0 Å². The van der Waals surface area contributed by atoms with E-state index in [2.05, 4.69) is 9.97 Å². The molecule has 0 spiro atoms. The maximum Gasteiger partial charge on any atom is 0.169 e. The van der Waals surface area contributed by atoms with Gasteiger partial charge in [-0.25, -0.2) is 9.97 Å². The average molecular weight is 234 g/mol. The Labute approximate surface area is 97.7 Å². The van der Waals surface area contributed by atoms with Gasteiger partial charge in [-0.2, -0.15) is 0 Å². The number of hydrogen-bond acceptors (Lipinski definition) is 5. The number of aliphatic hydroxyl groups excluding tert-OH is 1. The number of nitrogen functional groups attached to an aromatic ring is 1. The van der Waals surface area contributed by atoms with Gasteiger partial charge in [-0.05, 0) is 25.3 Å². The zero-order valence-corrected chi connectivity index (χ0v) is 9.24. The van der Waals surface area contributed by atoms with Crippen LogP contribution in [0.5, 0.6) is 0 Å². The van der Waals surface area contributed by atoms with Gasteiger partial charge in [0.25, 0.3) is 0 Å². The molecule has 2 aromatic heterocycles. The van der Waals surface area contributed by atoms with Crippen LogP contribution in [0.3, 0.4) is 0 Å².